The number of nitrogens with one attached hydrogen (secondary N) is 1. The molecule has 19 heavy (non-hydrogen) atoms. The predicted molar refractivity (Wildman–Crippen MR) is 79.3 cm³/mol. The van der Waals surface area contributed by atoms with E-state index in [1.807, 2.05) is 24.3 Å². The SMILES string of the molecule is Clc1cccc(NCCc2ccc3c(c2)CCO3)c1. The highest BCUT2D eigenvalue weighted by Crippen LogP contribution is 2.26. The van der Waals surface area contributed by atoms with Gasteiger partial charge in [-0.2, -0.15) is 0 Å². The van der Waals surface area contributed by atoms with Crippen molar-refractivity contribution in [1.29, 1.82) is 0 Å². The molecular formula is C16H16ClNO. The van der Waals surface area contributed by atoms with E-state index < -0.39 is 0 Å². The van der Waals surface area contributed by atoms with Crippen molar-refractivity contribution in [1.82, 2.24) is 0 Å². The van der Waals surface area contributed by atoms with Gasteiger partial charge in [0.05, 0.1) is 6.61 Å². The quantitative estimate of drug-likeness (QED) is 0.911. The van der Waals surface area contributed by atoms with Gasteiger partial charge >= 0.3 is 0 Å². The number of benzene rings is 2. The third-order valence-corrected chi connectivity index (χ3v) is 3.56. The van der Waals surface area contributed by atoms with Crippen LogP contribution in [0.5, 0.6) is 5.75 Å². The fourth-order valence-electron chi connectivity index (χ4n) is 2.35. The van der Waals surface area contributed by atoms with Crippen LogP contribution in [0.4, 0.5) is 5.69 Å². The highest BCUT2D eigenvalue weighted by atomic mass is 35.5. The van der Waals surface area contributed by atoms with E-state index in [9.17, 15) is 0 Å². The van der Waals surface area contributed by atoms with Crippen LogP contribution < -0.4 is 10.1 Å². The maximum absolute atomic E-state index is 5.95. The first-order valence-electron chi connectivity index (χ1n) is 6.55. The van der Waals surface area contributed by atoms with E-state index in [1.54, 1.807) is 0 Å². The zero-order valence-electron chi connectivity index (χ0n) is 10.7. The van der Waals surface area contributed by atoms with E-state index in [2.05, 4.69) is 23.5 Å². The predicted octanol–water partition coefficient (Wildman–Crippen LogP) is 3.93. The summed E-state index contributed by atoms with van der Waals surface area (Å²) in [6.07, 6.45) is 2.03. The molecule has 1 aliphatic heterocycles. The van der Waals surface area contributed by atoms with Crippen molar-refractivity contribution in [2.45, 2.75) is 12.8 Å². The number of ether oxygens (including phenoxy) is 1. The Hall–Kier alpha value is -1.67. The lowest BCUT2D eigenvalue weighted by Gasteiger charge is -2.08. The largest absolute Gasteiger partial charge is 0.493 e. The minimum Gasteiger partial charge on any atom is -0.493 e. The van der Waals surface area contributed by atoms with Crippen molar-refractivity contribution in [3.05, 3.63) is 58.6 Å². The number of rotatable bonds is 4. The second-order valence-corrected chi connectivity index (χ2v) is 5.16. The molecule has 0 bridgehead atoms. The van der Waals surface area contributed by atoms with Gasteiger partial charge in [-0.05, 0) is 41.8 Å². The lowest BCUT2D eigenvalue weighted by molar-refractivity contribution is 0.357. The van der Waals surface area contributed by atoms with Gasteiger partial charge in [-0.25, -0.2) is 0 Å². The van der Waals surface area contributed by atoms with Gasteiger partial charge in [0.1, 0.15) is 5.75 Å². The monoisotopic (exact) mass is 273 g/mol. The van der Waals surface area contributed by atoms with Gasteiger partial charge in [-0.1, -0.05) is 29.8 Å². The number of hydrogen-bond donors (Lipinski definition) is 1. The summed E-state index contributed by atoms with van der Waals surface area (Å²) in [6, 6.07) is 14.3. The van der Waals surface area contributed by atoms with Crippen molar-refractivity contribution < 1.29 is 4.74 Å². The van der Waals surface area contributed by atoms with Crippen molar-refractivity contribution in [3.63, 3.8) is 0 Å². The van der Waals surface area contributed by atoms with E-state index in [1.165, 1.54) is 11.1 Å². The third kappa shape index (κ3) is 3.02. The standard InChI is InChI=1S/C16H16ClNO/c17-14-2-1-3-15(11-14)18-8-6-12-4-5-16-13(10-12)7-9-19-16/h1-5,10-11,18H,6-9H2. The van der Waals surface area contributed by atoms with Crippen LogP contribution >= 0.6 is 11.6 Å². The maximum Gasteiger partial charge on any atom is 0.122 e. The molecule has 0 aromatic heterocycles. The molecule has 3 heteroatoms. The lowest BCUT2D eigenvalue weighted by atomic mass is 10.1. The van der Waals surface area contributed by atoms with Crippen LogP contribution in [0.25, 0.3) is 0 Å². The molecule has 0 fully saturated rings. The summed E-state index contributed by atoms with van der Waals surface area (Å²) in [7, 11) is 0. The molecule has 3 rings (SSSR count). The van der Waals surface area contributed by atoms with E-state index >= 15 is 0 Å². The molecule has 0 atom stereocenters. The molecule has 2 aromatic carbocycles. The minimum absolute atomic E-state index is 0.764. The number of halogens is 1. The normalized spacial score (nSPS) is 12.9. The maximum atomic E-state index is 5.95. The van der Waals surface area contributed by atoms with E-state index in [0.29, 0.717) is 0 Å². The molecule has 0 radical (unpaired) electrons. The van der Waals surface area contributed by atoms with Crippen molar-refractivity contribution >= 4 is 17.3 Å². The van der Waals surface area contributed by atoms with Crippen LogP contribution in [0.15, 0.2) is 42.5 Å². The van der Waals surface area contributed by atoms with Crippen LogP contribution in [0, 0.1) is 0 Å². The summed E-state index contributed by atoms with van der Waals surface area (Å²) in [6.45, 7) is 1.72. The fraction of sp³-hybridized carbons (Fsp3) is 0.250. The Labute approximate surface area is 118 Å². The van der Waals surface area contributed by atoms with Gasteiger partial charge < -0.3 is 10.1 Å². The molecule has 0 saturated carbocycles. The first kappa shape index (κ1) is 12.4. The molecule has 0 spiro atoms. The Morgan fingerprint density at radius 1 is 1.16 bits per heavy atom. The average molecular weight is 274 g/mol. The van der Waals surface area contributed by atoms with Gasteiger partial charge in [-0.15, -0.1) is 0 Å². The van der Waals surface area contributed by atoms with Gasteiger partial charge in [-0.3, -0.25) is 0 Å². The topological polar surface area (TPSA) is 21.3 Å². The van der Waals surface area contributed by atoms with Crippen molar-refractivity contribution in [2.24, 2.45) is 0 Å². The zero-order valence-corrected chi connectivity index (χ0v) is 11.4. The molecule has 0 amide bonds. The number of anilines is 1. The van der Waals surface area contributed by atoms with Gasteiger partial charge in [0.15, 0.2) is 0 Å². The second kappa shape index (κ2) is 5.54. The van der Waals surface area contributed by atoms with Gasteiger partial charge in [0, 0.05) is 23.7 Å². The van der Waals surface area contributed by atoms with E-state index in [0.717, 1.165) is 42.5 Å². The highest BCUT2D eigenvalue weighted by molar-refractivity contribution is 6.30. The van der Waals surface area contributed by atoms with Gasteiger partial charge in [0.25, 0.3) is 0 Å². The van der Waals surface area contributed by atoms with Crippen LogP contribution in [-0.4, -0.2) is 13.2 Å². The van der Waals surface area contributed by atoms with Gasteiger partial charge in [0.2, 0.25) is 0 Å². The smallest absolute Gasteiger partial charge is 0.122 e. The molecule has 0 unspecified atom stereocenters. The molecule has 0 aliphatic carbocycles. The van der Waals surface area contributed by atoms with Crippen LogP contribution in [0.3, 0.4) is 0 Å². The Balaban J connectivity index is 1.58. The summed E-state index contributed by atoms with van der Waals surface area (Å²) >= 11 is 5.95. The summed E-state index contributed by atoms with van der Waals surface area (Å²) in [5.74, 6) is 1.05. The Morgan fingerprint density at radius 2 is 2.11 bits per heavy atom. The Bertz CT molecular complexity index is 583. The molecule has 98 valence electrons. The summed E-state index contributed by atoms with van der Waals surface area (Å²) < 4.78 is 5.51. The Kier molecular flexibility index (Phi) is 3.60. The average Bonchev–Trinajstić information content (AvgIpc) is 2.86. The van der Waals surface area contributed by atoms with Crippen molar-refractivity contribution in [2.75, 3.05) is 18.5 Å². The molecule has 0 saturated heterocycles. The third-order valence-electron chi connectivity index (χ3n) is 3.32. The molecule has 1 heterocycles. The first-order chi connectivity index (χ1) is 9.31. The summed E-state index contributed by atoms with van der Waals surface area (Å²) in [5.41, 5.74) is 3.75. The van der Waals surface area contributed by atoms with Crippen LogP contribution in [0.1, 0.15) is 11.1 Å². The van der Waals surface area contributed by atoms with Crippen molar-refractivity contribution in [3.8, 4) is 5.75 Å². The highest BCUT2D eigenvalue weighted by Gasteiger charge is 2.11. The lowest BCUT2D eigenvalue weighted by Crippen LogP contribution is -2.04. The van der Waals surface area contributed by atoms with E-state index in [-0.39, 0.29) is 0 Å². The number of hydrogen-bond acceptors (Lipinski definition) is 2. The molecular weight excluding hydrogens is 258 g/mol. The molecule has 1 N–H and O–H groups in total. The van der Waals surface area contributed by atoms with E-state index in [4.69, 9.17) is 16.3 Å². The van der Waals surface area contributed by atoms with Crippen LogP contribution in [0.2, 0.25) is 5.02 Å². The van der Waals surface area contributed by atoms with Crippen LogP contribution in [-0.2, 0) is 12.8 Å². The second-order valence-electron chi connectivity index (χ2n) is 4.73. The fourth-order valence-corrected chi connectivity index (χ4v) is 2.54. The molecule has 2 nitrogen and oxygen atoms in total. The summed E-state index contributed by atoms with van der Waals surface area (Å²) in [4.78, 5) is 0. The first-order valence-corrected chi connectivity index (χ1v) is 6.93. The summed E-state index contributed by atoms with van der Waals surface area (Å²) in [5, 5.41) is 4.15. The minimum atomic E-state index is 0.764. The molecule has 1 aliphatic rings. The molecule has 2 aromatic rings. The zero-order chi connectivity index (χ0) is 13.1. The number of fused-ring (bicyclic) bond motifs is 1. The Morgan fingerprint density at radius 3 is 3.00 bits per heavy atom.